The highest BCUT2D eigenvalue weighted by Crippen LogP contribution is 2.26. The van der Waals surface area contributed by atoms with Gasteiger partial charge in [0.2, 0.25) is 0 Å². The molecule has 0 bridgehead atoms. The number of anilines is 1. The molecule has 110 valence electrons. The normalized spacial score (nSPS) is 10.5. The fourth-order valence-corrected chi connectivity index (χ4v) is 3.01. The molecule has 0 aliphatic carbocycles. The number of carbonyl (C=O) groups excluding carboxylic acids is 1. The molecule has 7 heteroatoms. The van der Waals surface area contributed by atoms with Gasteiger partial charge in [-0.3, -0.25) is 4.79 Å². The Kier molecular flexibility index (Phi) is 4.26. The third-order valence-electron chi connectivity index (χ3n) is 2.86. The maximum atomic E-state index is 12.4. The van der Waals surface area contributed by atoms with Crippen molar-refractivity contribution >= 4 is 38.9 Å². The summed E-state index contributed by atoms with van der Waals surface area (Å²) in [4.78, 5) is 25.6. The largest absolute Gasteiger partial charge is 0.321 e. The van der Waals surface area contributed by atoms with Gasteiger partial charge in [0.1, 0.15) is 4.88 Å². The predicted octanol–water partition coefficient (Wildman–Crippen LogP) is 3.92. The van der Waals surface area contributed by atoms with Crippen LogP contribution in [-0.4, -0.2) is 20.9 Å². The number of hydrogen-bond donors (Lipinski definition) is 1. The molecule has 3 rings (SSSR count). The molecule has 2 aromatic heterocycles. The molecule has 22 heavy (non-hydrogen) atoms. The van der Waals surface area contributed by atoms with Gasteiger partial charge in [-0.25, -0.2) is 15.0 Å². The maximum absolute atomic E-state index is 12.4. The van der Waals surface area contributed by atoms with Crippen molar-refractivity contribution in [1.82, 2.24) is 15.0 Å². The first-order chi connectivity index (χ1) is 10.6. The molecule has 1 amide bonds. The van der Waals surface area contributed by atoms with E-state index in [1.807, 2.05) is 24.3 Å². The van der Waals surface area contributed by atoms with E-state index in [1.54, 1.807) is 25.4 Å². The number of aryl methyl sites for hydroxylation is 1. The quantitative estimate of drug-likeness (QED) is 0.754. The average molecular weight is 375 g/mol. The van der Waals surface area contributed by atoms with Crippen LogP contribution in [0.2, 0.25) is 0 Å². The van der Waals surface area contributed by atoms with E-state index in [9.17, 15) is 4.79 Å². The lowest BCUT2D eigenvalue weighted by Crippen LogP contribution is -2.11. The SMILES string of the molecule is Cc1nc(-c2ncccn2)sc1C(=O)Nc1ccc(Br)cc1. The van der Waals surface area contributed by atoms with Gasteiger partial charge in [0.25, 0.3) is 5.91 Å². The van der Waals surface area contributed by atoms with Gasteiger partial charge in [0.05, 0.1) is 5.69 Å². The molecule has 2 heterocycles. The van der Waals surface area contributed by atoms with Crippen molar-refractivity contribution < 1.29 is 4.79 Å². The van der Waals surface area contributed by atoms with Crippen LogP contribution in [0, 0.1) is 6.92 Å². The van der Waals surface area contributed by atoms with Crippen molar-refractivity contribution in [2.75, 3.05) is 5.32 Å². The summed E-state index contributed by atoms with van der Waals surface area (Å²) in [6, 6.07) is 9.15. The van der Waals surface area contributed by atoms with Gasteiger partial charge in [0.15, 0.2) is 10.8 Å². The van der Waals surface area contributed by atoms with E-state index < -0.39 is 0 Å². The van der Waals surface area contributed by atoms with Crippen LogP contribution in [0.5, 0.6) is 0 Å². The molecule has 5 nitrogen and oxygen atoms in total. The third kappa shape index (κ3) is 3.20. The first kappa shape index (κ1) is 14.8. The zero-order chi connectivity index (χ0) is 15.5. The van der Waals surface area contributed by atoms with Crippen molar-refractivity contribution in [3.05, 3.63) is 57.8 Å². The second-order valence-electron chi connectivity index (χ2n) is 4.47. The second kappa shape index (κ2) is 6.33. The number of amides is 1. The molecule has 0 fully saturated rings. The van der Waals surface area contributed by atoms with Crippen LogP contribution in [0.3, 0.4) is 0 Å². The number of aromatic nitrogens is 3. The Bertz CT molecular complexity index is 802. The van der Waals surface area contributed by atoms with Gasteiger partial charge in [-0.1, -0.05) is 15.9 Å². The molecule has 0 aliphatic rings. The van der Waals surface area contributed by atoms with Gasteiger partial charge in [0, 0.05) is 22.6 Å². The van der Waals surface area contributed by atoms with Gasteiger partial charge in [-0.15, -0.1) is 11.3 Å². The summed E-state index contributed by atoms with van der Waals surface area (Å²) < 4.78 is 0.961. The third-order valence-corrected chi connectivity index (χ3v) is 4.54. The Balaban J connectivity index is 1.84. The lowest BCUT2D eigenvalue weighted by atomic mass is 10.3. The lowest BCUT2D eigenvalue weighted by Gasteiger charge is -2.03. The molecule has 0 saturated heterocycles. The van der Waals surface area contributed by atoms with E-state index in [0.717, 1.165) is 10.2 Å². The molecule has 1 N–H and O–H groups in total. The molecule has 3 aromatic rings. The van der Waals surface area contributed by atoms with Crippen LogP contribution in [0.4, 0.5) is 5.69 Å². The summed E-state index contributed by atoms with van der Waals surface area (Å²) in [7, 11) is 0. The monoisotopic (exact) mass is 374 g/mol. The zero-order valence-corrected chi connectivity index (χ0v) is 14.0. The Morgan fingerprint density at radius 3 is 2.55 bits per heavy atom. The van der Waals surface area contributed by atoms with E-state index in [1.165, 1.54) is 11.3 Å². The van der Waals surface area contributed by atoms with Crippen molar-refractivity contribution in [1.29, 1.82) is 0 Å². The minimum Gasteiger partial charge on any atom is -0.321 e. The van der Waals surface area contributed by atoms with Crippen molar-refractivity contribution in [3.63, 3.8) is 0 Å². The standard InChI is InChI=1S/C15H11BrN4OS/c1-9-12(14(21)20-11-5-3-10(16)4-6-11)22-15(19-9)13-17-7-2-8-18-13/h2-8H,1H3,(H,20,21). The number of carbonyl (C=O) groups is 1. The molecule has 0 saturated carbocycles. The van der Waals surface area contributed by atoms with Crippen LogP contribution < -0.4 is 5.32 Å². The Hall–Kier alpha value is -2.12. The minimum absolute atomic E-state index is 0.181. The maximum Gasteiger partial charge on any atom is 0.267 e. The highest BCUT2D eigenvalue weighted by Gasteiger charge is 2.17. The fourth-order valence-electron chi connectivity index (χ4n) is 1.83. The van der Waals surface area contributed by atoms with Gasteiger partial charge < -0.3 is 5.32 Å². The van der Waals surface area contributed by atoms with Crippen molar-refractivity contribution in [2.24, 2.45) is 0 Å². The Morgan fingerprint density at radius 1 is 1.18 bits per heavy atom. The summed E-state index contributed by atoms with van der Waals surface area (Å²) in [5, 5.41) is 3.50. The number of benzene rings is 1. The smallest absolute Gasteiger partial charge is 0.267 e. The minimum atomic E-state index is -0.181. The Morgan fingerprint density at radius 2 is 1.86 bits per heavy atom. The summed E-state index contributed by atoms with van der Waals surface area (Å²) >= 11 is 4.65. The fraction of sp³-hybridized carbons (Fsp3) is 0.0667. The number of rotatable bonds is 3. The van der Waals surface area contributed by atoms with Crippen LogP contribution in [-0.2, 0) is 0 Å². The molecule has 0 radical (unpaired) electrons. The van der Waals surface area contributed by atoms with Crippen LogP contribution in [0.15, 0.2) is 47.2 Å². The zero-order valence-electron chi connectivity index (χ0n) is 11.6. The number of halogens is 1. The van der Waals surface area contributed by atoms with E-state index >= 15 is 0 Å². The number of thiazole rings is 1. The molecule has 0 aliphatic heterocycles. The van der Waals surface area contributed by atoms with Gasteiger partial charge in [-0.05, 0) is 37.3 Å². The highest BCUT2D eigenvalue weighted by atomic mass is 79.9. The van der Waals surface area contributed by atoms with E-state index in [4.69, 9.17) is 0 Å². The van der Waals surface area contributed by atoms with Crippen LogP contribution in [0.1, 0.15) is 15.4 Å². The molecule has 1 aromatic carbocycles. The van der Waals surface area contributed by atoms with Gasteiger partial charge >= 0.3 is 0 Å². The number of nitrogens with one attached hydrogen (secondary N) is 1. The van der Waals surface area contributed by atoms with Crippen LogP contribution >= 0.6 is 27.3 Å². The van der Waals surface area contributed by atoms with Crippen molar-refractivity contribution in [2.45, 2.75) is 6.92 Å². The molecular weight excluding hydrogens is 364 g/mol. The van der Waals surface area contributed by atoms with E-state index in [-0.39, 0.29) is 5.91 Å². The number of hydrogen-bond acceptors (Lipinski definition) is 5. The molecular formula is C15H11BrN4OS. The number of nitrogens with zero attached hydrogens (tertiary/aromatic N) is 3. The van der Waals surface area contributed by atoms with Crippen LogP contribution in [0.25, 0.3) is 10.8 Å². The molecule has 0 unspecified atom stereocenters. The highest BCUT2D eigenvalue weighted by molar-refractivity contribution is 9.10. The predicted molar refractivity (Wildman–Crippen MR) is 90.0 cm³/mol. The summed E-state index contributed by atoms with van der Waals surface area (Å²) in [5.74, 6) is 0.345. The van der Waals surface area contributed by atoms with Crippen molar-refractivity contribution in [3.8, 4) is 10.8 Å². The molecule has 0 atom stereocenters. The van der Waals surface area contributed by atoms with Gasteiger partial charge in [-0.2, -0.15) is 0 Å². The topological polar surface area (TPSA) is 67.8 Å². The van der Waals surface area contributed by atoms with E-state index in [2.05, 4.69) is 36.2 Å². The first-order valence-corrected chi connectivity index (χ1v) is 8.06. The first-order valence-electron chi connectivity index (χ1n) is 6.45. The lowest BCUT2D eigenvalue weighted by molar-refractivity contribution is 0.103. The summed E-state index contributed by atoms with van der Waals surface area (Å²) in [6.07, 6.45) is 3.31. The van der Waals surface area contributed by atoms with E-state index in [0.29, 0.717) is 21.4 Å². The summed E-state index contributed by atoms with van der Waals surface area (Å²) in [5.41, 5.74) is 1.40. The Labute approximate surface area is 139 Å². The average Bonchev–Trinajstić information content (AvgIpc) is 2.92. The summed E-state index contributed by atoms with van der Waals surface area (Å²) in [6.45, 7) is 1.80. The second-order valence-corrected chi connectivity index (χ2v) is 6.38. The molecule has 0 spiro atoms.